The predicted octanol–water partition coefficient (Wildman–Crippen LogP) is 4.75. The number of pyridine rings is 1. The van der Waals surface area contributed by atoms with Crippen LogP contribution in [-0.4, -0.2) is 56.2 Å². The second-order valence-corrected chi connectivity index (χ2v) is 9.44. The fourth-order valence-corrected chi connectivity index (χ4v) is 4.93. The molecule has 3 heterocycles. The Kier molecular flexibility index (Phi) is 7.86. The number of nitrogens with one attached hydrogen (secondary N) is 1. The molecule has 4 aromatic rings. The van der Waals surface area contributed by atoms with Gasteiger partial charge in [0, 0.05) is 18.4 Å². The Morgan fingerprint density at radius 2 is 2.05 bits per heavy atom. The molecule has 10 heteroatoms. The summed E-state index contributed by atoms with van der Waals surface area (Å²) in [6, 6.07) is 16.6. The third-order valence-corrected chi connectivity index (χ3v) is 6.83. The van der Waals surface area contributed by atoms with Gasteiger partial charge >= 0.3 is 0 Å². The number of carbonyl (C=O) groups excluding carboxylic acids is 1. The molecule has 2 N–H and O–H groups in total. The van der Waals surface area contributed by atoms with Gasteiger partial charge in [-0.3, -0.25) is 9.78 Å². The molecule has 1 amide bonds. The second kappa shape index (κ2) is 11.6. The molecule has 0 spiro atoms. The van der Waals surface area contributed by atoms with Gasteiger partial charge in [0.25, 0.3) is 0 Å². The number of likely N-dealkylation sites (tertiary alicyclic amines) is 1. The summed E-state index contributed by atoms with van der Waals surface area (Å²) in [6.45, 7) is 2.36. The Bertz CT molecular complexity index is 1420. The summed E-state index contributed by atoms with van der Waals surface area (Å²) in [6.07, 6.45) is 4.60. The van der Waals surface area contributed by atoms with Crippen LogP contribution in [0.4, 0.5) is 11.5 Å². The SMILES string of the molecule is C[C@H](Oc1cccc2ncnc(Nc3ccc(OCc4ccccn4)c(Cl)c3)c12)C1CCCN1C(=O)CO. The molecule has 0 aliphatic carbocycles. The number of hydrogen-bond acceptors (Lipinski definition) is 8. The van der Waals surface area contributed by atoms with Crippen molar-refractivity contribution in [1.29, 1.82) is 0 Å². The molecule has 9 nitrogen and oxygen atoms in total. The van der Waals surface area contributed by atoms with E-state index in [2.05, 4.69) is 20.3 Å². The number of ether oxygens (including phenoxy) is 2. The molecule has 1 unspecified atom stereocenters. The van der Waals surface area contributed by atoms with E-state index >= 15 is 0 Å². The van der Waals surface area contributed by atoms with Crippen LogP contribution in [0.25, 0.3) is 10.9 Å². The molecule has 1 aliphatic rings. The molecule has 5 rings (SSSR count). The smallest absolute Gasteiger partial charge is 0.248 e. The zero-order valence-corrected chi connectivity index (χ0v) is 21.6. The van der Waals surface area contributed by atoms with Crippen molar-refractivity contribution in [2.75, 3.05) is 18.5 Å². The monoisotopic (exact) mass is 533 g/mol. The van der Waals surface area contributed by atoms with Crippen molar-refractivity contribution < 1.29 is 19.4 Å². The molecule has 1 aliphatic heterocycles. The number of carbonyl (C=O) groups is 1. The highest BCUT2D eigenvalue weighted by Gasteiger charge is 2.33. The number of aromatic nitrogens is 3. The number of hydrogen-bond donors (Lipinski definition) is 2. The number of aliphatic hydroxyl groups excluding tert-OH is 1. The summed E-state index contributed by atoms with van der Waals surface area (Å²) in [4.78, 5) is 27.0. The number of aliphatic hydroxyl groups is 1. The highest BCUT2D eigenvalue weighted by Crippen LogP contribution is 2.35. The van der Waals surface area contributed by atoms with Gasteiger partial charge in [-0.1, -0.05) is 23.7 Å². The molecule has 2 aromatic carbocycles. The number of benzene rings is 2. The average molecular weight is 534 g/mol. The molecule has 196 valence electrons. The number of amides is 1. The highest BCUT2D eigenvalue weighted by molar-refractivity contribution is 6.32. The Labute approximate surface area is 225 Å². The second-order valence-electron chi connectivity index (χ2n) is 9.03. The fourth-order valence-electron chi connectivity index (χ4n) is 4.70. The van der Waals surface area contributed by atoms with Crippen molar-refractivity contribution in [3.63, 3.8) is 0 Å². The third kappa shape index (κ3) is 5.64. The molecule has 0 radical (unpaired) electrons. The number of halogens is 1. The first-order chi connectivity index (χ1) is 18.5. The molecule has 1 fully saturated rings. The van der Waals surface area contributed by atoms with E-state index in [9.17, 15) is 9.90 Å². The van der Waals surface area contributed by atoms with E-state index in [4.69, 9.17) is 21.1 Å². The lowest BCUT2D eigenvalue weighted by Gasteiger charge is -2.30. The summed E-state index contributed by atoms with van der Waals surface area (Å²) >= 11 is 6.51. The lowest BCUT2D eigenvalue weighted by Crippen LogP contribution is -2.45. The zero-order chi connectivity index (χ0) is 26.5. The molecule has 0 bridgehead atoms. The average Bonchev–Trinajstić information content (AvgIpc) is 3.43. The van der Waals surface area contributed by atoms with Crippen molar-refractivity contribution in [2.24, 2.45) is 0 Å². The van der Waals surface area contributed by atoms with E-state index in [0.717, 1.165) is 24.2 Å². The first kappa shape index (κ1) is 25.7. The number of fused-ring (bicyclic) bond motifs is 1. The number of rotatable bonds is 9. The van der Waals surface area contributed by atoms with Crippen LogP contribution in [0.5, 0.6) is 11.5 Å². The Hall–Kier alpha value is -3.95. The molecule has 0 saturated carbocycles. The van der Waals surface area contributed by atoms with Crippen LogP contribution in [0.3, 0.4) is 0 Å². The minimum absolute atomic E-state index is 0.122. The summed E-state index contributed by atoms with van der Waals surface area (Å²) < 4.78 is 12.2. The zero-order valence-electron chi connectivity index (χ0n) is 20.9. The van der Waals surface area contributed by atoms with Gasteiger partial charge in [-0.2, -0.15) is 0 Å². The molecular formula is C28H28ClN5O4. The first-order valence-electron chi connectivity index (χ1n) is 12.4. The van der Waals surface area contributed by atoms with Crippen molar-refractivity contribution in [3.8, 4) is 11.5 Å². The van der Waals surface area contributed by atoms with Crippen molar-refractivity contribution >= 4 is 39.9 Å². The lowest BCUT2D eigenvalue weighted by molar-refractivity contribution is -0.136. The maximum atomic E-state index is 12.2. The normalized spacial score (nSPS) is 15.9. The third-order valence-electron chi connectivity index (χ3n) is 6.53. The van der Waals surface area contributed by atoms with E-state index in [0.29, 0.717) is 46.4 Å². The molecular weight excluding hydrogens is 506 g/mol. The summed E-state index contributed by atoms with van der Waals surface area (Å²) in [5.41, 5.74) is 2.24. The van der Waals surface area contributed by atoms with Crippen molar-refractivity contribution in [2.45, 2.75) is 38.5 Å². The van der Waals surface area contributed by atoms with Gasteiger partial charge in [0.2, 0.25) is 5.91 Å². The predicted molar refractivity (Wildman–Crippen MR) is 145 cm³/mol. The summed E-state index contributed by atoms with van der Waals surface area (Å²) in [5, 5.41) is 13.8. The number of anilines is 2. The molecule has 2 atom stereocenters. The van der Waals surface area contributed by atoms with Gasteiger partial charge in [-0.05, 0) is 62.2 Å². The van der Waals surface area contributed by atoms with Crippen LogP contribution in [0.2, 0.25) is 5.02 Å². The van der Waals surface area contributed by atoms with E-state index in [1.54, 1.807) is 23.2 Å². The van der Waals surface area contributed by atoms with Crippen LogP contribution in [0.15, 0.2) is 67.1 Å². The van der Waals surface area contributed by atoms with Crippen molar-refractivity contribution in [1.82, 2.24) is 19.9 Å². The van der Waals surface area contributed by atoms with Gasteiger partial charge < -0.3 is 24.8 Å². The largest absolute Gasteiger partial charge is 0.488 e. The van der Waals surface area contributed by atoms with E-state index in [-0.39, 0.29) is 18.1 Å². The van der Waals surface area contributed by atoms with Gasteiger partial charge in [0.15, 0.2) is 0 Å². The standard InChI is InChI=1S/C28H28ClN5O4/c1-18(23-8-5-13-34(23)26(36)15-35)38-25-9-4-7-22-27(25)28(32-17-31-22)33-19-10-11-24(21(29)14-19)37-16-20-6-2-3-12-30-20/h2-4,6-7,9-12,14,17-18,23,35H,5,8,13,15-16H2,1H3,(H,31,32,33)/t18-,23?/m0/s1. The van der Waals surface area contributed by atoms with E-state index in [1.807, 2.05) is 49.4 Å². The minimum Gasteiger partial charge on any atom is -0.488 e. The van der Waals surface area contributed by atoms with Crippen LogP contribution < -0.4 is 14.8 Å². The molecule has 1 saturated heterocycles. The lowest BCUT2D eigenvalue weighted by atomic mass is 10.1. The summed E-state index contributed by atoms with van der Waals surface area (Å²) in [5.74, 6) is 1.43. The Morgan fingerprint density at radius 3 is 2.84 bits per heavy atom. The Morgan fingerprint density at radius 1 is 1.16 bits per heavy atom. The van der Waals surface area contributed by atoms with Crippen LogP contribution in [0.1, 0.15) is 25.5 Å². The quantitative estimate of drug-likeness (QED) is 0.317. The summed E-state index contributed by atoms with van der Waals surface area (Å²) in [7, 11) is 0. The minimum atomic E-state index is -0.505. The van der Waals surface area contributed by atoms with E-state index in [1.165, 1.54) is 6.33 Å². The van der Waals surface area contributed by atoms with E-state index < -0.39 is 6.61 Å². The Balaban J connectivity index is 1.36. The van der Waals surface area contributed by atoms with Crippen LogP contribution >= 0.6 is 11.6 Å². The highest BCUT2D eigenvalue weighted by atomic mass is 35.5. The first-order valence-corrected chi connectivity index (χ1v) is 12.8. The van der Waals surface area contributed by atoms with Gasteiger partial charge in [-0.25, -0.2) is 9.97 Å². The van der Waals surface area contributed by atoms with Gasteiger partial charge in [0.1, 0.15) is 43.0 Å². The molecule has 2 aromatic heterocycles. The number of nitrogens with zero attached hydrogens (tertiary/aromatic N) is 4. The molecule has 38 heavy (non-hydrogen) atoms. The topological polar surface area (TPSA) is 110 Å². The fraction of sp³-hybridized carbons (Fsp3) is 0.286. The van der Waals surface area contributed by atoms with Gasteiger partial charge in [-0.15, -0.1) is 0 Å². The van der Waals surface area contributed by atoms with Crippen LogP contribution in [-0.2, 0) is 11.4 Å². The van der Waals surface area contributed by atoms with Gasteiger partial charge in [0.05, 0.1) is 27.7 Å². The van der Waals surface area contributed by atoms with Crippen LogP contribution in [0, 0.1) is 0 Å². The maximum absolute atomic E-state index is 12.2. The van der Waals surface area contributed by atoms with Crippen molar-refractivity contribution in [3.05, 3.63) is 77.8 Å². The maximum Gasteiger partial charge on any atom is 0.248 e.